The zero-order valence-electron chi connectivity index (χ0n) is 8.15. The first-order chi connectivity index (χ1) is 7.36. The van der Waals surface area contributed by atoms with Gasteiger partial charge in [0.15, 0.2) is 0 Å². The summed E-state index contributed by atoms with van der Waals surface area (Å²) in [7, 11) is 0. The van der Waals surface area contributed by atoms with Crippen LogP contribution in [0.1, 0.15) is 5.56 Å². The molecule has 1 aromatic heterocycles. The minimum absolute atomic E-state index is 0.235. The third-order valence-corrected chi connectivity index (χ3v) is 2.08. The maximum atomic E-state index is 13.2. The number of anilines is 1. The van der Waals surface area contributed by atoms with E-state index in [0.717, 1.165) is 5.56 Å². The molecule has 0 aliphatic heterocycles. The molecule has 0 radical (unpaired) electrons. The molecule has 1 aromatic carbocycles. The molecule has 0 atom stereocenters. The predicted molar refractivity (Wildman–Crippen MR) is 58.0 cm³/mol. The molecule has 76 valence electrons. The minimum atomic E-state index is -0.235. The fourth-order valence-corrected chi connectivity index (χ4v) is 1.30. The number of pyridine rings is 1. The molecule has 15 heavy (non-hydrogen) atoms. The molecule has 0 saturated carbocycles. The van der Waals surface area contributed by atoms with Crippen LogP contribution in [0, 0.1) is 5.82 Å². The van der Waals surface area contributed by atoms with Crippen LogP contribution in [-0.4, -0.2) is 4.98 Å². The van der Waals surface area contributed by atoms with Gasteiger partial charge in [-0.15, -0.1) is 0 Å². The highest BCUT2D eigenvalue weighted by Crippen LogP contribution is 2.13. The third-order valence-electron chi connectivity index (χ3n) is 2.08. The summed E-state index contributed by atoms with van der Waals surface area (Å²) in [6, 6.07) is 10.4. The summed E-state index contributed by atoms with van der Waals surface area (Å²) in [6.07, 6.45) is 3.47. The van der Waals surface area contributed by atoms with Gasteiger partial charge in [-0.3, -0.25) is 4.98 Å². The van der Waals surface area contributed by atoms with Gasteiger partial charge in [0.2, 0.25) is 0 Å². The zero-order chi connectivity index (χ0) is 10.5. The number of para-hydroxylation sites is 1. The van der Waals surface area contributed by atoms with Crippen LogP contribution in [0.4, 0.5) is 10.1 Å². The van der Waals surface area contributed by atoms with Crippen molar-refractivity contribution in [3.05, 3.63) is 60.2 Å². The molecular formula is C12H11FN2. The molecule has 3 heteroatoms. The van der Waals surface area contributed by atoms with E-state index in [4.69, 9.17) is 0 Å². The van der Waals surface area contributed by atoms with E-state index in [1.54, 1.807) is 30.6 Å². The summed E-state index contributed by atoms with van der Waals surface area (Å²) in [5, 5.41) is 3.01. The van der Waals surface area contributed by atoms with Gasteiger partial charge < -0.3 is 5.32 Å². The summed E-state index contributed by atoms with van der Waals surface area (Å²) in [4.78, 5) is 3.99. The molecule has 0 fully saturated rings. The summed E-state index contributed by atoms with van der Waals surface area (Å²) in [6.45, 7) is 0.578. The molecular weight excluding hydrogens is 191 g/mol. The fourth-order valence-electron chi connectivity index (χ4n) is 1.30. The Bertz CT molecular complexity index is 429. The standard InChI is InChI=1S/C12H11FN2/c13-11-5-1-2-6-12(11)15-9-10-4-3-7-14-8-10/h1-8,15H,9H2. The Kier molecular flexibility index (Phi) is 2.93. The van der Waals surface area contributed by atoms with Gasteiger partial charge in [0.25, 0.3) is 0 Å². The molecule has 2 nitrogen and oxygen atoms in total. The fraction of sp³-hybridized carbons (Fsp3) is 0.0833. The quantitative estimate of drug-likeness (QED) is 0.827. The average Bonchev–Trinajstić information content (AvgIpc) is 2.29. The Morgan fingerprint density at radius 3 is 2.73 bits per heavy atom. The summed E-state index contributed by atoms with van der Waals surface area (Å²) >= 11 is 0. The number of rotatable bonds is 3. The van der Waals surface area contributed by atoms with Crippen LogP contribution in [0.5, 0.6) is 0 Å². The maximum absolute atomic E-state index is 13.2. The van der Waals surface area contributed by atoms with Crippen molar-refractivity contribution in [1.82, 2.24) is 4.98 Å². The number of hydrogen-bond acceptors (Lipinski definition) is 2. The molecule has 2 aromatic rings. The van der Waals surface area contributed by atoms with Crippen molar-refractivity contribution in [2.24, 2.45) is 0 Å². The molecule has 0 aliphatic rings. The summed E-state index contributed by atoms with van der Waals surface area (Å²) in [5.41, 5.74) is 1.54. The van der Waals surface area contributed by atoms with E-state index in [0.29, 0.717) is 12.2 Å². The van der Waals surface area contributed by atoms with Gasteiger partial charge in [0.1, 0.15) is 5.82 Å². The van der Waals surface area contributed by atoms with Gasteiger partial charge in [-0.2, -0.15) is 0 Å². The second-order valence-electron chi connectivity index (χ2n) is 3.19. The van der Waals surface area contributed by atoms with Crippen LogP contribution in [0.15, 0.2) is 48.8 Å². The van der Waals surface area contributed by atoms with Gasteiger partial charge >= 0.3 is 0 Å². The highest BCUT2D eigenvalue weighted by molar-refractivity contribution is 5.44. The molecule has 2 rings (SSSR count). The predicted octanol–water partition coefficient (Wildman–Crippen LogP) is 2.83. The molecule has 1 heterocycles. The van der Waals surface area contributed by atoms with E-state index >= 15 is 0 Å². The van der Waals surface area contributed by atoms with Crippen LogP contribution < -0.4 is 5.32 Å². The van der Waals surface area contributed by atoms with Gasteiger partial charge in [-0.1, -0.05) is 18.2 Å². The van der Waals surface area contributed by atoms with Crippen molar-refractivity contribution in [2.75, 3.05) is 5.32 Å². The Morgan fingerprint density at radius 1 is 1.13 bits per heavy atom. The second-order valence-corrected chi connectivity index (χ2v) is 3.19. The lowest BCUT2D eigenvalue weighted by Gasteiger charge is -2.06. The summed E-state index contributed by atoms with van der Waals surface area (Å²) in [5.74, 6) is -0.235. The van der Waals surface area contributed by atoms with E-state index in [2.05, 4.69) is 10.3 Å². The van der Waals surface area contributed by atoms with Gasteiger partial charge in [0, 0.05) is 18.9 Å². The van der Waals surface area contributed by atoms with E-state index in [9.17, 15) is 4.39 Å². The van der Waals surface area contributed by atoms with Crippen molar-refractivity contribution >= 4 is 5.69 Å². The highest BCUT2D eigenvalue weighted by Gasteiger charge is 1.98. The number of hydrogen-bond donors (Lipinski definition) is 1. The molecule has 0 bridgehead atoms. The van der Waals surface area contributed by atoms with Crippen LogP contribution >= 0.6 is 0 Å². The van der Waals surface area contributed by atoms with Crippen LogP contribution in [-0.2, 0) is 6.54 Å². The topological polar surface area (TPSA) is 24.9 Å². The average molecular weight is 202 g/mol. The Labute approximate surface area is 87.8 Å². The van der Waals surface area contributed by atoms with Crippen molar-refractivity contribution in [3.63, 3.8) is 0 Å². The number of aromatic nitrogens is 1. The van der Waals surface area contributed by atoms with E-state index in [1.165, 1.54) is 6.07 Å². The number of nitrogens with one attached hydrogen (secondary N) is 1. The van der Waals surface area contributed by atoms with Crippen molar-refractivity contribution in [3.8, 4) is 0 Å². The molecule has 0 aliphatic carbocycles. The number of benzene rings is 1. The number of nitrogens with zero attached hydrogens (tertiary/aromatic N) is 1. The molecule has 0 spiro atoms. The van der Waals surface area contributed by atoms with Crippen molar-refractivity contribution < 1.29 is 4.39 Å². The zero-order valence-corrected chi connectivity index (χ0v) is 8.15. The normalized spacial score (nSPS) is 9.93. The molecule has 0 saturated heterocycles. The van der Waals surface area contributed by atoms with E-state index in [1.807, 2.05) is 12.1 Å². The minimum Gasteiger partial charge on any atom is -0.379 e. The largest absolute Gasteiger partial charge is 0.379 e. The Balaban J connectivity index is 2.03. The Hall–Kier alpha value is -1.90. The van der Waals surface area contributed by atoms with E-state index < -0.39 is 0 Å². The second kappa shape index (κ2) is 4.55. The van der Waals surface area contributed by atoms with Crippen LogP contribution in [0.2, 0.25) is 0 Å². The lowest BCUT2D eigenvalue weighted by Crippen LogP contribution is -2.01. The molecule has 1 N–H and O–H groups in total. The molecule has 0 unspecified atom stereocenters. The lowest BCUT2D eigenvalue weighted by molar-refractivity contribution is 0.630. The highest BCUT2D eigenvalue weighted by atomic mass is 19.1. The number of halogens is 1. The Morgan fingerprint density at radius 2 is 2.00 bits per heavy atom. The first-order valence-electron chi connectivity index (χ1n) is 4.73. The lowest BCUT2D eigenvalue weighted by atomic mass is 10.2. The smallest absolute Gasteiger partial charge is 0.146 e. The first-order valence-corrected chi connectivity index (χ1v) is 4.73. The van der Waals surface area contributed by atoms with Crippen molar-refractivity contribution in [2.45, 2.75) is 6.54 Å². The maximum Gasteiger partial charge on any atom is 0.146 e. The molecule has 0 amide bonds. The van der Waals surface area contributed by atoms with Gasteiger partial charge in [0.05, 0.1) is 5.69 Å². The first kappa shape index (κ1) is 9.65. The van der Waals surface area contributed by atoms with Crippen molar-refractivity contribution in [1.29, 1.82) is 0 Å². The van der Waals surface area contributed by atoms with E-state index in [-0.39, 0.29) is 5.82 Å². The summed E-state index contributed by atoms with van der Waals surface area (Å²) < 4.78 is 13.2. The van der Waals surface area contributed by atoms with Gasteiger partial charge in [-0.05, 0) is 23.8 Å². The van der Waals surface area contributed by atoms with Crippen LogP contribution in [0.25, 0.3) is 0 Å². The monoisotopic (exact) mass is 202 g/mol. The van der Waals surface area contributed by atoms with Gasteiger partial charge in [-0.25, -0.2) is 4.39 Å². The SMILES string of the molecule is Fc1ccccc1NCc1cccnc1. The third kappa shape index (κ3) is 2.53. The van der Waals surface area contributed by atoms with Crippen LogP contribution in [0.3, 0.4) is 0 Å².